The molecule has 1 fully saturated rings. The molecule has 0 amide bonds. The van der Waals surface area contributed by atoms with Crippen LogP contribution in [-0.2, 0) is 4.79 Å². The Kier molecular flexibility index (Phi) is 3.75. The van der Waals surface area contributed by atoms with Gasteiger partial charge in [0.25, 0.3) is 0 Å². The van der Waals surface area contributed by atoms with E-state index in [0.29, 0.717) is 19.4 Å². The van der Waals surface area contributed by atoms with E-state index in [1.807, 2.05) is 31.2 Å². The number of nitrogens with one attached hydrogen (secondary N) is 1. The van der Waals surface area contributed by atoms with Crippen molar-refractivity contribution < 1.29 is 14.6 Å². The van der Waals surface area contributed by atoms with Crippen LogP contribution in [0, 0.1) is 0 Å². The molecule has 4 heteroatoms. The maximum absolute atomic E-state index is 11.4. The van der Waals surface area contributed by atoms with Gasteiger partial charge in [-0.05, 0) is 31.9 Å². The molecular formula is C14H19NO3. The average molecular weight is 249 g/mol. The first kappa shape index (κ1) is 12.7. The van der Waals surface area contributed by atoms with Gasteiger partial charge >= 0.3 is 5.97 Å². The minimum absolute atomic E-state index is 0.605. The Morgan fingerprint density at radius 2 is 2.17 bits per heavy atom. The third-order valence-corrected chi connectivity index (χ3v) is 3.40. The van der Waals surface area contributed by atoms with Crippen LogP contribution in [0.4, 0.5) is 5.69 Å². The summed E-state index contributed by atoms with van der Waals surface area (Å²) in [5, 5.41) is 12.6. The zero-order chi connectivity index (χ0) is 13.0. The molecule has 1 aromatic rings. The molecule has 0 radical (unpaired) electrons. The lowest BCUT2D eigenvalue weighted by Gasteiger charge is -2.26. The first-order chi connectivity index (χ1) is 8.66. The van der Waals surface area contributed by atoms with Crippen molar-refractivity contribution in [2.24, 2.45) is 0 Å². The number of carboxylic acids is 1. The molecule has 0 spiro atoms. The molecule has 2 rings (SSSR count). The van der Waals surface area contributed by atoms with Gasteiger partial charge in [-0.3, -0.25) is 0 Å². The van der Waals surface area contributed by atoms with Crippen molar-refractivity contribution in [2.75, 3.05) is 11.9 Å². The van der Waals surface area contributed by atoms with Crippen LogP contribution in [0.3, 0.4) is 0 Å². The molecule has 0 heterocycles. The van der Waals surface area contributed by atoms with Crippen molar-refractivity contribution in [2.45, 2.75) is 38.1 Å². The fraction of sp³-hybridized carbons (Fsp3) is 0.500. The fourth-order valence-corrected chi connectivity index (χ4v) is 2.48. The van der Waals surface area contributed by atoms with Gasteiger partial charge in [0.2, 0.25) is 0 Å². The largest absolute Gasteiger partial charge is 0.494 e. The molecule has 98 valence electrons. The van der Waals surface area contributed by atoms with Crippen LogP contribution in [-0.4, -0.2) is 23.2 Å². The van der Waals surface area contributed by atoms with E-state index in [9.17, 15) is 9.90 Å². The highest BCUT2D eigenvalue weighted by Crippen LogP contribution is 2.34. The molecule has 1 saturated carbocycles. The first-order valence-electron chi connectivity index (χ1n) is 6.41. The van der Waals surface area contributed by atoms with Crippen LogP contribution in [0.5, 0.6) is 5.75 Å². The van der Waals surface area contributed by atoms with Crippen molar-refractivity contribution in [3.63, 3.8) is 0 Å². The highest BCUT2D eigenvalue weighted by atomic mass is 16.5. The minimum atomic E-state index is -0.801. The van der Waals surface area contributed by atoms with Gasteiger partial charge < -0.3 is 15.2 Å². The van der Waals surface area contributed by atoms with E-state index >= 15 is 0 Å². The SMILES string of the molecule is CCOc1cccc(NC2(C(=O)O)CCCC2)c1. The molecule has 1 aliphatic rings. The van der Waals surface area contributed by atoms with Gasteiger partial charge in [-0.1, -0.05) is 18.9 Å². The summed E-state index contributed by atoms with van der Waals surface area (Å²) in [6, 6.07) is 7.48. The fourth-order valence-electron chi connectivity index (χ4n) is 2.48. The second kappa shape index (κ2) is 5.29. The smallest absolute Gasteiger partial charge is 0.329 e. The first-order valence-corrected chi connectivity index (χ1v) is 6.41. The van der Waals surface area contributed by atoms with Gasteiger partial charge in [-0.25, -0.2) is 4.79 Å². The van der Waals surface area contributed by atoms with E-state index in [2.05, 4.69) is 5.32 Å². The van der Waals surface area contributed by atoms with E-state index < -0.39 is 11.5 Å². The topological polar surface area (TPSA) is 58.6 Å². The summed E-state index contributed by atoms with van der Waals surface area (Å²) < 4.78 is 5.42. The van der Waals surface area contributed by atoms with Crippen LogP contribution in [0.1, 0.15) is 32.6 Å². The number of rotatable bonds is 5. The van der Waals surface area contributed by atoms with Crippen LogP contribution in [0.25, 0.3) is 0 Å². The Balaban J connectivity index is 2.16. The standard InChI is InChI=1S/C14H19NO3/c1-2-18-12-7-5-6-11(10-12)15-14(13(16)17)8-3-4-9-14/h5-7,10,15H,2-4,8-9H2,1H3,(H,16,17). The maximum atomic E-state index is 11.4. The van der Waals surface area contributed by atoms with E-state index in [0.717, 1.165) is 24.3 Å². The molecule has 4 nitrogen and oxygen atoms in total. The minimum Gasteiger partial charge on any atom is -0.494 e. The van der Waals surface area contributed by atoms with Crippen molar-refractivity contribution in [3.05, 3.63) is 24.3 Å². The number of hydrogen-bond donors (Lipinski definition) is 2. The van der Waals surface area contributed by atoms with Gasteiger partial charge in [0.1, 0.15) is 11.3 Å². The van der Waals surface area contributed by atoms with Crippen molar-refractivity contribution in [1.29, 1.82) is 0 Å². The molecule has 1 aliphatic carbocycles. The van der Waals surface area contributed by atoms with Crippen LogP contribution < -0.4 is 10.1 Å². The van der Waals surface area contributed by atoms with E-state index in [4.69, 9.17) is 4.74 Å². The molecule has 2 N–H and O–H groups in total. The number of benzene rings is 1. The lowest BCUT2D eigenvalue weighted by Crippen LogP contribution is -2.43. The second-order valence-corrected chi connectivity index (χ2v) is 4.68. The molecule has 18 heavy (non-hydrogen) atoms. The molecular weight excluding hydrogens is 230 g/mol. The number of anilines is 1. The van der Waals surface area contributed by atoms with E-state index in [1.54, 1.807) is 0 Å². The van der Waals surface area contributed by atoms with Crippen molar-refractivity contribution >= 4 is 11.7 Å². The third kappa shape index (κ3) is 2.58. The quantitative estimate of drug-likeness (QED) is 0.842. The Bertz CT molecular complexity index is 425. The monoisotopic (exact) mass is 249 g/mol. The zero-order valence-corrected chi connectivity index (χ0v) is 10.6. The lowest BCUT2D eigenvalue weighted by atomic mass is 9.97. The Labute approximate surface area is 107 Å². The molecule has 0 aromatic heterocycles. The van der Waals surface area contributed by atoms with Gasteiger partial charge in [-0.2, -0.15) is 0 Å². The van der Waals surface area contributed by atoms with E-state index in [1.165, 1.54) is 0 Å². The number of ether oxygens (including phenoxy) is 1. The maximum Gasteiger partial charge on any atom is 0.329 e. The third-order valence-electron chi connectivity index (χ3n) is 3.40. The number of hydrogen-bond acceptors (Lipinski definition) is 3. The summed E-state index contributed by atoms with van der Waals surface area (Å²) in [7, 11) is 0. The molecule has 0 saturated heterocycles. The zero-order valence-electron chi connectivity index (χ0n) is 10.6. The van der Waals surface area contributed by atoms with Crippen LogP contribution >= 0.6 is 0 Å². The molecule has 0 unspecified atom stereocenters. The van der Waals surface area contributed by atoms with Crippen molar-refractivity contribution in [3.8, 4) is 5.75 Å². The Hall–Kier alpha value is -1.71. The molecule has 0 atom stereocenters. The van der Waals surface area contributed by atoms with Gasteiger partial charge in [0.15, 0.2) is 0 Å². The molecule has 1 aromatic carbocycles. The summed E-state index contributed by atoms with van der Waals surface area (Å²) in [5.74, 6) is 0.00264. The van der Waals surface area contributed by atoms with Crippen molar-refractivity contribution in [1.82, 2.24) is 0 Å². The Morgan fingerprint density at radius 3 is 2.78 bits per heavy atom. The van der Waals surface area contributed by atoms with Crippen LogP contribution in [0.15, 0.2) is 24.3 Å². The van der Waals surface area contributed by atoms with Gasteiger partial charge in [-0.15, -0.1) is 0 Å². The molecule has 0 bridgehead atoms. The normalized spacial score (nSPS) is 17.4. The predicted molar refractivity (Wildman–Crippen MR) is 70.1 cm³/mol. The summed E-state index contributed by atoms with van der Waals surface area (Å²) in [6.45, 7) is 2.53. The van der Waals surface area contributed by atoms with Gasteiger partial charge in [0, 0.05) is 11.8 Å². The number of aliphatic carboxylic acids is 1. The second-order valence-electron chi connectivity index (χ2n) is 4.68. The Morgan fingerprint density at radius 1 is 1.44 bits per heavy atom. The lowest BCUT2D eigenvalue weighted by molar-refractivity contribution is -0.142. The number of carboxylic acid groups (broad SMARTS) is 1. The average Bonchev–Trinajstić information content (AvgIpc) is 2.80. The highest BCUT2D eigenvalue weighted by molar-refractivity contribution is 5.83. The molecule has 0 aliphatic heterocycles. The summed E-state index contributed by atoms with van der Waals surface area (Å²) in [6.07, 6.45) is 3.29. The summed E-state index contributed by atoms with van der Waals surface area (Å²) >= 11 is 0. The van der Waals surface area contributed by atoms with Gasteiger partial charge in [0.05, 0.1) is 6.61 Å². The number of carbonyl (C=O) groups is 1. The van der Waals surface area contributed by atoms with Crippen LogP contribution in [0.2, 0.25) is 0 Å². The van der Waals surface area contributed by atoms with E-state index in [-0.39, 0.29) is 0 Å². The summed E-state index contributed by atoms with van der Waals surface area (Å²) in [5.41, 5.74) is 0.00966. The highest BCUT2D eigenvalue weighted by Gasteiger charge is 2.41. The predicted octanol–water partition coefficient (Wildman–Crippen LogP) is 2.89. The summed E-state index contributed by atoms with van der Waals surface area (Å²) in [4.78, 5) is 11.4.